The highest BCUT2D eigenvalue weighted by molar-refractivity contribution is 4.80. The minimum atomic E-state index is 0.134. The first-order valence-corrected chi connectivity index (χ1v) is 4.25. The van der Waals surface area contributed by atoms with E-state index in [2.05, 4.69) is 6.92 Å². The fourth-order valence-electron chi connectivity index (χ4n) is 0.692. The summed E-state index contributed by atoms with van der Waals surface area (Å²) in [5, 5.41) is 8.38. The van der Waals surface area contributed by atoms with E-state index in [0.717, 1.165) is 26.1 Å². The minimum Gasteiger partial charge on any atom is -0.392 e. The highest BCUT2D eigenvalue weighted by Crippen LogP contribution is 1.90. The summed E-state index contributed by atoms with van der Waals surface area (Å²) in [4.78, 5) is 0. The van der Waals surface area contributed by atoms with E-state index in [1.165, 1.54) is 6.42 Å². The first-order valence-electron chi connectivity index (χ1n) is 4.25. The summed E-state index contributed by atoms with van der Waals surface area (Å²) in [6.45, 7) is 3.92. The van der Waals surface area contributed by atoms with Crippen LogP contribution in [0.3, 0.4) is 0 Å². The molecule has 0 saturated carbocycles. The molecular weight excluding hydrogens is 140 g/mol. The minimum absolute atomic E-state index is 0.134. The van der Waals surface area contributed by atoms with Gasteiger partial charge in [-0.2, -0.15) is 0 Å². The highest BCUT2D eigenvalue weighted by Gasteiger charge is 1.84. The third-order valence-electron chi connectivity index (χ3n) is 1.34. The van der Waals surface area contributed by atoms with Gasteiger partial charge in [0.2, 0.25) is 0 Å². The Labute approximate surface area is 68.9 Å². The first kappa shape index (κ1) is 10.7. The van der Waals surface area contributed by atoms with Crippen LogP contribution < -0.4 is 0 Å². The fraction of sp³-hybridized carbons (Fsp3) is 0.778. The van der Waals surface area contributed by atoms with Crippen molar-refractivity contribution in [2.75, 3.05) is 19.8 Å². The molecule has 0 heterocycles. The Morgan fingerprint density at radius 2 is 2.09 bits per heavy atom. The quantitative estimate of drug-likeness (QED) is 0.452. The number of hydrogen-bond acceptors (Lipinski definition) is 2. The van der Waals surface area contributed by atoms with Crippen LogP contribution in [0.1, 0.15) is 26.2 Å². The van der Waals surface area contributed by atoms with E-state index in [-0.39, 0.29) is 6.61 Å². The van der Waals surface area contributed by atoms with E-state index in [4.69, 9.17) is 9.84 Å². The van der Waals surface area contributed by atoms with E-state index in [9.17, 15) is 0 Å². The van der Waals surface area contributed by atoms with E-state index in [1.807, 2.05) is 6.08 Å². The third kappa shape index (κ3) is 9.66. The summed E-state index contributed by atoms with van der Waals surface area (Å²) in [6.07, 6.45) is 6.91. The smallest absolute Gasteiger partial charge is 0.0612 e. The highest BCUT2D eigenvalue weighted by atomic mass is 16.5. The summed E-state index contributed by atoms with van der Waals surface area (Å²) >= 11 is 0. The van der Waals surface area contributed by atoms with Gasteiger partial charge < -0.3 is 9.84 Å². The fourth-order valence-corrected chi connectivity index (χ4v) is 0.692. The van der Waals surface area contributed by atoms with Gasteiger partial charge in [-0.15, -0.1) is 0 Å². The van der Waals surface area contributed by atoms with Gasteiger partial charge >= 0.3 is 0 Å². The number of aliphatic hydroxyl groups excluding tert-OH is 1. The second kappa shape index (κ2) is 9.66. The van der Waals surface area contributed by atoms with Gasteiger partial charge in [-0.25, -0.2) is 0 Å². The summed E-state index contributed by atoms with van der Waals surface area (Å²) in [5.41, 5.74) is 0. The van der Waals surface area contributed by atoms with Crippen molar-refractivity contribution in [1.82, 2.24) is 0 Å². The van der Waals surface area contributed by atoms with Crippen LogP contribution in [0, 0.1) is 0 Å². The number of rotatable bonds is 7. The Bertz CT molecular complexity index is 89.6. The van der Waals surface area contributed by atoms with Crippen molar-refractivity contribution >= 4 is 0 Å². The average Bonchev–Trinajstić information content (AvgIpc) is 2.03. The van der Waals surface area contributed by atoms with Crippen LogP contribution in [-0.4, -0.2) is 24.9 Å². The summed E-state index contributed by atoms with van der Waals surface area (Å²) in [5.74, 6) is 0. The van der Waals surface area contributed by atoms with Gasteiger partial charge in [-0.05, 0) is 12.8 Å². The van der Waals surface area contributed by atoms with Crippen LogP contribution in [0.5, 0.6) is 0 Å². The van der Waals surface area contributed by atoms with E-state index < -0.39 is 0 Å². The second-order valence-electron chi connectivity index (χ2n) is 2.41. The normalized spacial score (nSPS) is 11.1. The van der Waals surface area contributed by atoms with Gasteiger partial charge in [0.1, 0.15) is 0 Å². The van der Waals surface area contributed by atoms with Gasteiger partial charge in [0, 0.05) is 6.61 Å². The molecule has 0 saturated heterocycles. The zero-order chi connectivity index (χ0) is 8.36. The monoisotopic (exact) mass is 158 g/mol. The topological polar surface area (TPSA) is 29.5 Å². The number of hydrogen-bond donors (Lipinski definition) is 1. The van der Waals surface area contributed by atoms with Gasteiger partial charge in [-0.3, -0.25) is 0 Å². The van der Waals surface area contributed by atoms with Gasteiger partial charge in [0.05, 0.1) is 13.2 Å². The lowest BCUT2D eigenvalue weighted by atomic mass is 10.3. The molecule has 2 heteroatoms. The van der Waals surface area contributed by atoms with Crippen molar-refractivity contribution in [3.05, 3.63) is 12.2 Å². The largest absolute Gasteiger partial charge is 0.392 e. The van der Waals surface area contributed by atoms with Crippen LogP contribution >= 0.6 is 0 Å². The van der Waals surface area contributed by atoms with Crippen LogP contribution in [0.2, 0.25) is 0 Å². The van der Waals surface area contributed by atoms with Crippen molar-refractivity contribution < 1.29 is 9.84 Å². The second-order valence-corrected chi connectivity index (χ2v) is 2.41. The molecule has 0 aromatic carbocycles. The molecule has 0 aliphatic carbocycles. The molecule has 0 aliphatic rings. The molecule has 0 spiro atoms. The average molecular weight is 158 g/mol. The molecule has 0 unspecified atom stereocenters. The van der Waals surface area contributed by atoms with Crippen LogP contribution in [0.25, 0.3) is 0 Å². The van der Waals surface area contributed by atoms with Crippen molar-refractivity contribution in [2.45, 2.75) is 26.2 Å². The van der Waals surface area contributed by atoms with Crippen LogP contribution in [0.15, 0.2) is 12.2 Å². The zero-order valence-corrected chi connectivity index (χ0v) is 7.25. The first-order chi connectivity index (χ1) is 5.41. The van der Waals surface area contributed by atoms with Crippen LogP contribution in [-0.2, 0) is 4.74 Å². The van der Waals surface area contributed by atoms with E-state index >= 15 is 0 Å². The third-order valence-corrected chi connectivity index (χ3v) is 1.34. The Balaban J connectivity index is 2.85. The lowest BCUT2D eigenvalue weighted by Gasteiger charge is -1.98. The molecule has 0 aromatic heterocycles. The van der Waals surface area contributed by atoms with Gasteiger partial charge in [-0.1, -0.05) is 25.5 Å². The molecular formula is C9H18O2. The molecule has 0 aliphatic heterocycles. The summed E-state index contributed by atoms with van der Waals surface area (Å²) in [7, 11) is 0. The Morgan fingerprint density at radius 1 is 1.27 bits per heavy atom. The molecule has 0 amide bonds. The Morgan fingerprint density at radius 3 is 2.73 bits per heavy atom. The predicted octanol–water partition coefficient (Wildman–Crippen LogP) is 1.74. The van der Waals surface area contributed by atoms with Gasteiger partial charge in [0.15, 0.2) is 0 Å². The van der Waals surface area contributed by atoms with Crippen molar-refractivity contribution in [3.8, 4) is 0 Å². The van der Waals surface area contributed by atoms with Crippen molar-refractivity contribution in [1.29, 1.82) is 0 Å². The molecule has 0 bridgehead atoms. The summed E-state index contributed by atoms with van der Waals surface area (Å²) < 4.78 is 5.29. The number of aliphatic hydroxyl groups is 1. The molecule has 1 N–H and O–H groups in total. The maximum Gasteiger partial charge on any atom is 0.0612 e. The van der Waals surface area contributed by atoms with Crippen LogP contribution in [0.4, 0.5) is 0 Å². The Kier molecular flexibility index (Phi) is 9.36. The SMILES string of the molecule is CCCCOCC/C=C/CO. The van der Waals surface area contributed by atoms with E-state index in [1.54, 1.807) is 6.08 Å². The molecule has 0 aromatic rings. The molecule has 0 atom stereocenters. The zero-order valence-electron chi connectivity index (χ0n) is 7.25. The molecule has 0 radical (unpaired) electrons. The lowest BCUT2D eigenvalue weighted by Crippen LogP contribution is -1.94. The maximum absolute atomic E-state index is 8.38. The predicted molar refractivity (Wildman–Crippen MR) is 46.6 cm³/mol. The van der Waals surface area contributed by atoms with Gasteiger partial charge in [0.25, 0.3) is 0 Å². The lowest BCUT2D eigenvalue weighted by molar-refractivity contribution is 0.135. The number of ether oxygens (including phenoxy) is 1. The summed E-state index contributed by atoms with van der Waals surface area (Å²) in [6, 6.07) is 0. The van der Waals surface area contributed by atoms with E-state index in [0.29, 0.717) is 0 Å². The number of unbranched alkanes of at least 4 members (excludes halogenated alkanes) is 1. The molecule has 66 valence electrons. The van der Waals surface area contributed by atoms with Crippen molar-refractivity contribution in [2.24, 2.45) is 0 Å². The Hall–Kier alpha value is -0.340. The molecule has 0 fully saturated rings. The van der Waals surface area contributed by atoms with Crippen molar-refractivity contribution in [3.63, 3.8) is 0 Å². The molecule has 2 nitrogen and oxygen atoms in total. The standard InChI is InChI=1S/C9H18O2/c1-2-3-8-11-9-6-4-5-7-10/h4-5,10H,2-3,6-9H2,1H3/b5-4+. The maximum atomic E-state index is 8.38. The molecule has 0 rings (SSSR count). The molecule has 11 heavy (non-hydrogen) atoms.